The van der Waals surface area contributed by atoms with Crippen molar-refractivity contribution in [2.24, 2.45) is 0 Å². The number of nitrogens with one attached hydrogen (secondary N) is 1. The zero-order chi connectivity index (χ0) is 14.6. The highest BCUT2D eigenvalue weighted by Crippen LogP contribution is 2.19. The molecule has 1 N–H and O–H groups in total. The molecule has 0 bridgehead atoms. The molecule has 0 unspecified atom stereocenters. The van der Waals surface area contributed by atoms with E-state index in [4.69, 9.17) is 16.9 Å². The van der Waals surface area contributed by atoms with E-state index in [1.54, 1.807) is 24.3 Å². The molecule has 2 rings (SSSR count). The van der Waals surface area contributed by atoms with Gasteiger partial charge in [-0.05, 0) is 23.8 Å². The van der Waals surface area contributed by atoms with Crippen LogP contribution in [0.3, 0.4) is 0 Å². The molecule has 1 aromatic carbocycles. The summed E-state index contributed by atoms with van der Waals surface area (Å²) in [7, 11) is -3.71. The van der Waals surface area contributed by atoms with Crippen molar-refractivity contribution in [1.82, 2.24) is 9.71 Å². The second-order valence-corrected chi connectivity index (χ2v) is 6.08. The Labute approximate surface area is 121 Å². The number of aromatic nitrogens is 1. The Morgan fingerprint density at radius 3 is 2.55 bits per heavy atom. The van der Waals surface area contributed by atoms with Crippen molar-refractivity contribution >= 4 is 21.6 Å². The Balaban J connectivity index is 2.13. The lowest BCUT2D eigenvalue weighted by Crippen LogP contribution is -2.23. The minimum absolute atomic E-state index is 0.0599. The molecule has 5 nitrogen and oxygen atoms in total. The van der Waals surface area contributed by atoms with Gasteiger partial charge in [-0.2, -0.15) is 5.26 Å². The van der Waals surface area contributed by atoms with Crippen LogP contribution in [0.15, 0.2) is 47.6 Å². The fraction of sp³-hybridized carbons (Fsp3) is 0.0769. The predicted molar refractivity (Wildman–Crippen MR) is 74.4 cm³/mol. The van der Waals surface area contributed by atoms with Crippen LogP contribution in [0.25, 0.3) is 0 Å². The number of hydrogen-bond acceptors (Lipinski definition) is 4. The van der Waals surface area contributed by atoms with Gasteiger partial charge in [-0.25, -0.2) is 13.1 Å². The van der Waals surface area contributed by atoms with Crippen LogP contribution in [0.1, 0.15) is 11.1 Å². The zero-order valence-electron chi connectivity index (χ0n) is 10.2. The van der Waals surface area contributed by atoms with Crippen LogP contribution in [0.4, 0.5) is 0 Å². The fourth-order valence-corrected chi connectivity index (χ4v) is 2.96. The Bertz CT molecular complexity index is 752. The van der Waals surface area contributed by atoms with E-state index in [2.05, 4.69) is 9.71 Å². The van der Waals surface area contributed by atoms with E-state index >= 15 is 0 Å². The Hall–Kier alpha value is -1.94. The summed E-state index contributed by atoms with van der Waals surface area (Å²) < 4.78 is 26.6. The third-order valence-electron chi connectivity index (χ3n) is 2.57. The lowest BCUT2D eigenvalue weighted by atomic mass is 10.1. The first-order valence-corrected chi connectivity index (χ1v) is 7.47. The highest BCUT2D eigenvalue weighted by atomic mass is 35.5. The first kappa shape index (κ1) is 14.5. The van der Waals surface area contributed by atoms with Crippen LogP contribution in [0.2, 0.25) is 5.02 Å². The molecule has 1 aromatic heterocycles. The third-order valence-corrected chi connectivity index (χ3v) is 4.44. The van der Waals surface area contributed by atoms with Gasteiger partial charge in [0, 0.05) is 18.9 Å². The second-order valence-electron chi connectivity index (χ2n) is 3.94. The standard InChI is InChI=1S/C13H10ClN3O2S/c14-12-5-6-16-9-13(12)20(18,19)17-8-11-3-1-10(7-15)2-4-11/h1-6,9,17H,8H2. The molecule has 0 saturated heterocycles. The fourth-order valence-electron chi connectivity index (χ4n) is 1.51. The largest absolute Gasteiger partial charge is 0.263 e. The molecule has 0 amide bonds. The van der Waals surface area contributed by atoms with Gasteiger partial charge in [0.25, 0.3) is 0 Å². The summed E-state index contributed by atoms with van der Waals surface area (Å²) in [5.74, 6) is 0. The monoisotopic (exact) mass is 307 g/mol. The molecule has 0 aliphatic heterocycles. The summed E-state index contributed by atoms with van der Waals surface area (Å²) in [6, 6.07) is 10.0. The predicted octanol–water partition coefficient (Wildman–Crippen LogP) is 2.09. The Kier molecular flexibility index (Phi) is 4.35. The number of pyridine rings is 1. The quantitative estimate of drug-likeness (QED) is 0.937. The van der Waals surface area contributed by atoms with Gasteiger partial charge in [0.05, 0.1) is 16.7 Å². The van der Waals surface area contributed by atoms with Crippen molar-refractivity contribution in [3.05, 3.63) is 58.9 Å². The first-order valence-electron chi connectivity index (χ1n) is 5.61. The van der Waals surface area contributed by atoms with Crippen molar-refractivity contribution in [1.29, 1.82) is 5.26 Å². The highest BCUT2D eigenvalue weighted by molar-refractivity contribution is 7.89. The summed E-state index contributed by atoms with van der Waals surface area (Å²) in [4.78, 5) is 3.69. The van der Waals surface area contributed by atoms with E-state index in [-0.39, 0.29) is 16.5 Å². The van der Waals surface area contributed by atoms with Gasteiger partial charge in [0.15, 0.2) is 0 Å². The van der Waals surface area contributed by atoms with Gasteiger partial charge in [-0.1, -0.05) is 23.7 Å². The topological polar surface area (TPSA) is 82.9 Å². The normalized spacial score (nSPS) is 11.0. The number of nitriles is 1. The van der Waals surface area contributed by atoms with Crippen LogP contribution in [-0.2, 0) is 16.6 Å². The number of hydrogen-bond donors (Lipinski definition) is 1. The smallest absolute Gasteiger partial charge is 0.243 e. The summed E-state index contributed by atoms with van der Waals surface area (Å²) in [5.41, 5.74) is 1.26. The van der Waals surface area contributed by atoms with Crippen molar-refractivity contribution < 1.29 is 8.42 Å². The molecule has 0 radical (unpaired) electrons. The van der Waals surface area contributed by atoms with Crippen LogP contribution in [0, 0.1) is 11.3 Å². The molecule has 2 aromatic rings. The Morgan fingerprint density at radius 2 is 1.95 bits per heavy atom. The number of sulfonamides is 1. The van der Waals surface area contributed by atoms with Gasteiger partial charge in [0.2, 0.25) is 10.0 Å². The van der Waals surface area contributed by atoms with Crippen molar-refractivity contribution in [2.45, 2.75) is 11.4 Å². The lowest BCUT2D eigenvalue weighted by Gasteiger charge is -2.07. The van der Waals surface area contributed by atoms with Gasteiger partial charge in [0.1, 0.15) is 4.90 Å². The van der Waals surface area contributed by atoms with Crippen LogP contribution >= 0.6 is 11.6 Å². The molecule has 7 heteroatoms. The van der Waals surface area contributed by atoms with Gasteiger partial charge >= 0.3 is 0 Å². The molecule has 0 saturated carbocycles. The molecule has 20 heavy (non-hydrogen) atoms. The molecule has 0 aliphatic rings. The van der Waals surface area contributed by atoms with E-state index in [0.717, 1.165) is 5.56 Å². The summed E-state index contributed by atoms with van der Waals surface area (Å²) in [6.07, 6.45) is 2.62. The second kappa shape index (κ2) is 6.01. The average molecular weight is 308 g/mol. The van der Waals surface area contributed by atoms with Crippen LogP contribution < -0.4 is 4.72 Å². The maximum atomic E-state index is 12.1. The van der Waals surface area contributed by atoms with E-state index in [1.165, 1.54) is 18.5 Å². The van der Waals surface area contributed by atoms with Crippen molar-refractivity contribution in [3.63, 3.8) is 0 Å². The minimum atomic E-state index is -3.71. The summed E-state index contributed by atoms with van der Waals surface area (Å²) in [6.45, 7) is 0.110. The molecule has 0 aliphatic carbocycles. The molecular formula is C13H10ClN3O2S. The van der Waals surface area contributed by atoms with E-state index < -0.39 is 10.0 Å². The molecular weight excluding hydrogens is 298 g/mol. The average Bonchev–Trinajstić information content (AvgIpc) is 2.46. The number of rotatable bonds is 4. The van der Waals surface area contributed by atoms with Crippen LogP contribution in [-0.4, -0.2) is 13.4 Å². The SMILES string of the molecule is N#Cc1ccc(CNS(=O)(=O)c2cnccc2Cl)cc1. The van der Waals surface area contributed by atoms with E-state index in [1.807, 2.05) is 6.07 Å². The first-order chi connectivity index (χ1) is 9.53. The van der Waals surface area contributed by atoms with E-state index in [9.17, 15) is 8.42 Å². The van der Waals surface area contributed by atoms with Crippen LogP contribution in [0.5, 0.6) is 0 Å². The summed E-state index contributed by atoms with van der Waals surface area (Å²) in [5, 5.41) is 8.80. The number of benzene rings is 1. The Morgan fingerprint density at radius 1 is 1.25 bits per heavy atom. The van der Waals surface area contributed by atoms with Gasteiger partial charge < -0.3 is 0 Å². The van der Waals surface area contributed by atoms with Gasteiger partial charge in [-0.15, -0.1) is 0 Å². The molecule has 0 atom stereocenters. The molecule has 1 heterocycles. The molecule has 0 fully saturated rings. The third kappa shape index (κ3) is 3.33. The highest BCUT2D eigenvalue weighted by Gasteiger charge is 2.17. The molecule has 102 valence electrons. The number of nitrogens with zero attached hydrogens (tertiary/aromatic N) is 2. The van der Waals surface area contributed by atoms with E-state index in [0.29, 0.717) is 5.56 Å². The van der Waals surface area contributed by atoms with Crippen molar-refractivity contribution in [3.8, 4) is 6.07 Å². The van der Waals surface area contributed by atoms with Crippen molar-refractivity contribution in [2.75, 3.05) is 0 Å². The zero-order valence-corrected chi connectivity index (χ0v) is 11.8. The minimum Gasteiger partial charge on any atom is -0.263 e. The summed E-state index contributed by atoms with van der Waals surface area (Å²) >= 11 is 5.83. The molecule has 0 spiro atoms. The maximum Gasteiger partial charge on any atom is 0.243 e. The number of halogens is 1. The maximum absolute atomic E-state index is 12.1. The van der Waals surface area contributed by atoms with Gasteiger partial charge in [-0.3, -0.25) is 4.98 Å². The lowest BCUT2D eigenvalue weighted by molar-refractivity contribution is 0.581.